The fourth-order valence-electron chi connectivity index (χ4n) is 5.02. The molecule has 2 N–H and O–H groups in total. The molecule has 36 heavy (non-hydrogen) atoms. The van der Waals surface area contributed by atoms with E-state index in [0.717, 1.165) is 61.4 Å². The topological polar surface area (TPSA) is 48.1 Å². The van der Waals surface area contributed by atoms with Crippen LogP contribution in [0.3, 0.4) is 0 Å². The number of hydrogen-bond acceptors (Lipinski definition) is 2. The van der Waals surface area contributed by atoms with Gasteiger partial charge in [0.25, 0.3) is 0 Å². The zero-order valence-electron chi connectivity index (χ0n) is 21.7. The van der Waals surface area contributed by atoms with Gasteiger partial charge in [0.15, 0.2) is 0 Å². The van der Waals surface area contributed by atoms with Crippen molar-refractivity contribution < 1.29 is 18.0 Å². The molecule has 0 spiro atoms. The van der Waals surface area contributed by atoms with Crippen LogP contribution in [0, 0.1) is 0 Å². The van der Waals surface area contributed by atoms with Gasteiger partial charge >= 0.3 is 6.18 Å². The van der Waals surface area contributed by atoms with E-state index >= 15 is 0 Å². The van der Waals surface area contributed by atoms with Gasteiger partial charge in [-0.25, -0.2) is 0 Å². The summed E-state index contributed by atoms with van der Waals surface area (Å²) < 4.78 is 41.9. The van der Waals surface area contributed by atoms with Gasteiger partial charge in [-0.2, -0.15) is 13.2 Å². The first-order valence-corrected chi connectivity index (χ1v) is 13.0. The lowest BCUT2D eigenvalue weighted by atomic mass is 9.84. The number of para-hydroxylation sites is 1. The number of carbonyl (C=O) groups is 1. The van der Waals surface area contributed by atoms with Gasteiger partial charge in [0, 0.05) is 35.5 Å². The SMILES string of the molecule is CCc1cccc2c([C@@H](CC(=O)N[C@H](C)CCCN(CC)CC)c3ccccc3C(F)(F)F)c[nH]c12. The molecule has 0 saturated heterocycles. The van der Waals surface area contributed by atoms with E-state index in [1.165, 1.54) is 12.1 Å². The van der Waals surface area contributed by atoms with Crippen LogP contribution in [-0.4, -0.2) is 41.5 Å². The predicted molar refractivity (Wildman–Crippen MR) is 140 cm³/mol. The molecule has 0 aliphatic rings. The Balaban J connectivity index is 1.89. The highest BCUT2D eigenvalue weighted by molar-refractivity contribution is 5.88. The van der Waals surface area contributed by atoms with Gasteiger partial charge in [-0.3, -0.25) is 4.79 Å². The third-order valence-corrected chi connectivity index (χ3v) is 7.03. The number of aromatic nitrogens is 1. The molecule has 0 aliphatic carbocycles. The lowest BCUT2D eigenvalue weighted by molar-refractivity contribution is -0.138. The van der Waals surface area contributed by atoms with Crippen molar-refractivity contribution in [3.05, 3.63) is 70.9 Å². The number of H-pyrrole nitrogens is 1. The normalized spacial score (nSPS) is 13.8. The Labute approximate surface area is 212 Å². The average molecular weight is 502 g/mol. The molecular formula is C29H38F3N3O. The highest BCUT2D eigenvalue weighted by Crippen LogP contribution is 2.41. The molecule has 1 amide bonds. The van der Waals surface area contributed by atoms with Gasteiger partial charge in [-0.1, -0.05) is 57.2 Å². The summed E-state index contributed by atoms with van der Waals surface area (Å²) in [5.41, 5.74) is 2.14. The van der Waals surface area contributed by atoms with Crippen molar-refractivity contribution in [2.45, 2.75) is 71.5 Å². The van der Waals surface area contributed by atoms with E-state index in [0.29, 0.717) is 5.56 Å². The molecule has 0 saturated carbocycles. The summed E-state index contributed by atoms with van der Waals surface area (Å²) in [6, 6.07) is 11.4. The van der Waals surface area contributed by atoms with Crippen LogP contribution in [0.1, 0.15) is 75.1 Å². The first-order valence-electron chi connectivity index (χ1n) is 13.0. The Morgan fingerprint density at radius 2 is 1.75 bits per heavy atom. The number of hydrogen-bond donors (Lipinski definition) is 2. The van der Waals surface area contributed by atoms with Crippen LogP contribution in [0.15, 0.2) is 48.7 Å². The number of nitrogens with one attached hydrogen (secondary N) is 2. The average Bonchev–Trinajstić information content (AvgIpc) is 3.29. The van der Waals surface area contributed by atoms with Gasteiger partial charge in [0.1, 0.15) is 0 Å². The van der Waals surface area contributed by atoms with E-state index in [2.05, 4.69) is 29.0 Å². The van der Waals surface area contributed by atoms with Crippen molar-refractivity contribution in [3.8, 4) is 0 Å². The summed E-state index contributed by atoms with van der Waals surface area (Å²) in [5.74, 6) is -0.972. The van der Waals surface area contributed by atoms with E-state index in [9.17, 15) is 18.0 Å². The van der Waals surface area contributed by atoms with Crippen LogP contribution in [-0.2, 0) is 17.4 Å². The number of nitrogens with zero attached hydrogens (tertiary/aromatic N) is 1. The number of aromatic amines is 1. The van der Waals surface area contributed by atoms with Crippen LogP contribution in [0.2, 0.25) is 0 Å². The van der Waals surface area contributed by atoms with Gasteiger partial charge in [-0.05, 0) is 68.6 Å². The van der Waals surface area contributed by atoms with Crippen molar-refractivity contribution >= 4 is 16.8 Å². The molecule has 0 unspecified atom stereocenters. The minimum atomic E-state index is -4.51. The molecule has 0 radical (unpaired) electrons. The fraction of sp³-hybridized carbons (Fsp3) is 0.483. The number of benzene rings is 2. The molecule has 0 fully saturated rings. The van der Waals surface area contributed by atoms with Gasteiger partial charge in [0.05, 0.1) is 5.56 Å². The monoisotopic (exact) mass is 501 g/mol. The molecule has 3 rings (SSSR count). The Kier molecular flexibility index (Phi) is 9.60. The Bertz CT molecular complexity index is 1130. The van der Waals surface area contributed by atoms with Crippen LogP contribution >= 0.6 is 0 Å². The number of fused-ring (bicyclic) bond motifs is 1. The van der Waals surface area contributed by atoms with E-state index in [4.69, 9.17) is 0 Å². The lowest BCUT2D eigenvalue weighted by Crippen LogP contribution is -2.34. The quantitative estimate of drug-likeness (QED) is 0.284. The third kappa shape index (κ3) is 6.69. The van der Waals surface area contributed by atoms with Crippen molar-refractivity contribution in [1.29, 1.82) is 0 Å². The second kappa shape index (κ2) is 12.4. The largest absolute Gasteiger partial charge is 0.416 e. The third-order valence-electron chi connectivity index (χ3n) is 7.03. The zero-order chi connectivity index (χ0) is 26.3. The maximum Gasteiger partial charge on any atom is 0.416 e. The standard InChI is InChI=1S/C29H38F3N3O/c1-5-21-13-10-15-23-25(19-33-28(21)23)24(22-14-8-9-16-26(22)29(30,31)32)18-27(36)34-20(4)12-11-17-35(6-2)7-3/h8-10,13-16,19-20,24,33H,5-7,11-12,17-18H2,1-4H3,(H,34,36)/t20-,24+/m1/s1. The maximum absolute atomic E-state index is 14.0. The van der Waals surface area contributed by atoms with Crippen LogP contribution in [0.5, 0.6) is 0 Å². The van der Waals surface area contributed by atoms with E-state index < -0.39 is 17.7 Å². The van der Waals surface area contributed by atoms with Crippen LogP contribution in [0.4, 0.5) is 13.2 Å². The number of halogens is 3. The summed E-state index contributed by atoms with van der Waals surface area (Å²) >= 11 is 0. The summed E-state index contributed by atoms with van der Waals surface area (Å²) in [6.07, 6.45) is -0.236. The van der Waals surface area contributed by atoms with Crippen LogP contribution < -0.4 is 5.32 Å². The minimum Gasteiger partial charge on any atom is -0.361 e. The first kappa shape index (κ1) is 27.8. The van der Waals surface area contributed by atoms with Gasteiger partial charge in [0.2, 0.25) is 5.91 Å². The minimum absolute atomic E-state index is 0.0544. The number of carbonyl (C=O) groups excluding carboxylic acids is 1. The molecule has 2 atom stereocenters. The Hall–Kier alpha value is -2.80. The molecule has 2 aromatic carbocycles. The molecular weight excluding hydrogens is 463 g/mol. The van der Waals surface area contributed by atoms with Crippen molar-refractivity contribution in [1.82, 2.24) is 15.2 Å². The Morgan fingerprint density at radius 1 is 1.03 bits per heavy atom. The molecule has 1 heterocycles. The fourth-order valence-corrected chi connectivity index (χ4v) is 5.02. The summed E-state index contributed by atoms with van der Waals surface area (Å²) in [7, 11) is 0. The second-order valence-electron chi connectivity index (χ2n) is 9.42. The lowest BCUT2D eigenvalue weighted by Gasteiger charge is -2.23. The van der Waals surface area contributed by atoms with Gasteiger partial charge in [-0.15, -0.1) is 0 Å². The maximum atomic E-state index is 14.0. The van der Waals surface area contributed by atoms with E-state index in [1.54, 1.807) is 12.3 Å². The van der Waals surface area contributed by atoms with Crippen LogP contribution in [0.25, 0.3) is 10.9 Å². The molecule has 3 aromatic rings. The molecule has 1 aromatic heterocycles. The molecule has 4 nitrogen and oxygen atoms in total. The molecule has 196 valence electrons. The summed E-state index contributed by atoms with van der Waals surface area (Å²) in [4.78, 5) is 18.7. The van der Waals surface area contributed by atoms with E-state index in [1.807, 2.05) is 32.0 Å². The molecule has 0 aliphatic heterocycles. The van der Waals surface area contributed by atoms with E-state index in [-0.39, 0.29) is 23.9 Å². The van der Waals surface area contributed by atoms with Crippen molar-refractivity contribution in [2.24, 2.45) is 0 Å². The van der Waals surface area contributed by atoms with Crippen molar-refractivity contribution in [3.63, 3.8) is 0 Å². The highest BCUT2D eigenvalue weighted by Gasteiger charge is 2.36. The number of alkyl halides is 3. The summed E-state index contributed by atoms with van der Waals surface area (Å²) in [5, 5.41) is 3.89. The highest BCUT2D eigenvalue weighted by atomic mass is 19.4. The second-order valence-corrected chi connectivity index (χ2v) is 9.42. The summed E-state index contributed by atoms with van der Waals surface area (Å²) in [6.45, 7) is 11.2. The Morgan fingerprint density at radius 3 is 2.42 bits per heavy atom. The molecule has 7 heteroatoms. The number of amides is 1. The number of aryl methyl sites for hydroxylation is 1. The van der Waals surface area contributed by atoms with Gasteiger partial charge < -0.3 is 15.2 Å². The molecule has 0 bridgehead atoms. The zero-order valence-corrected chi connectivity index (χ0v) is 21.7. The predicted octanol–water partition coefficient (Wildman–Crippen LogP) is 6.90. The first-order chi connectivity index (χ1) is 17.2. The van der Waals surface area contributed by atoms with Crippen molar-refractivity contribution in [2.75, 3.05) is 19.6 Å². The smallest absolute Gasteiger partial charge is 0.361 e. The number of rotatable bonds is 12.